The molecule has 4 nitrogen and oxygen atoms in total. The molecule has 0 aliphatic carbocycles. The molecule has 0 radical (unpaired) electrons. The van der Waals surface area contributed by atoms with Crippen molar-refractivity contribution in [1.29, 1.82) is 0 Å². The Labute approximate surface area is 112 Å². The van der Waals surface area contributed by atoms with Crippen LogP contribution in [0.5, 0.6) is 0 Å². The Bertz CT molecular complexity index is 607. The fourth-order valence-electron chi connectivity index (χ4n) is 2.63. The molecular weight excluding hydrogens is 244 g/mol. The third-order valence-electron chi connectivity index (χ3n) is 3.71. The summed E-state index contributed by atoms with van der Waals surface area (Å²) >= 11 is 5.40. The zero-order valence-electron chi connectivity index (χ0n) is 10.6. The Morgan fingerprint density at radius 3 is 2.89 bits per heavy atom. The second kappa shape index (κ2) is 4.82. The first kappa shape index (κ1) is 11.9. The van der Waals surface area contributed by atoms with Crippen molar-refractivity contribution in [1.82, 2.24) is 19.4 Å². The SMILES string of the molecule is Cc1ccnc2c1[nH]c(=S)n2CCN1CCCC1. The summed E-state index contributed by atoms with van der Waals surface area (Å²) in [7, 11) is 0. The predicted octanol–water partition coefficient (Wildman–Crippen LogP) is 2.50. The molecule has 3 rings (SSSR count). The van der Waals surface area contributed by atoms with Crippen molar-refractivity contribution in [2.75, 3.05) is 19.6 Å². The normalized spacial score (nSPS) is 16.7. The van der Waals surface area contributed by atoms with Crippen molar-refractivity contribution >= 4 is 23.4 Å². The molecule has 18 heavy (non-hydrogen) atoms. The summed E-state index contributed by atoms with van der Waals surface area (Å²) in [5, 5.41) is 0. The highest BCUT2D eigenvalue weighted by Gasteiger charge is 2.13. The number of aromatic nitrogens is 3. The summed E-state index contributed by atoms with van der Waals surface area (Å²) in [5.41, 5.74) is 3.26. The van der Waals surface area contributed by atoms with Gasteiger partial charge in [0.2, 0.25) is 0 Å². The van der Waals surface area contributed by atoms with Crippen molar-refractivity contribution in [3.05, 3.63) is 22.6 Å². The van der Waals surface area contributed by atoms with E-state index in [9.17, 15) is 0 Å². The van der Waals surface area contributed by atoms with Crippen LogP contribution in [0, 0.1) is 11.7 Å². The molecule has 0 amide bonds. The van der Waals surface area contributed by atoms with Crippen molar-refractivity contribution < 1.29 is 0 Å². The maximum atomic E-state index is 5.40. The number of hydrogen-bond donors (Lipinski definition) is 1. The summed E-state index contributed by atoms with van der Waals surface area (Å²) < 4.78 is 2.90. The molecule has 0 aromatic carbocycles. The molecule has 1 aliphatic rings. The van der Waals surface area contributed by atoms with Crippen LogP contribution in [0.1, 0.15) is 18.4 Å². The fourth-order valence-corrected chi connectivity index (χ4v) is 2.91. The second-order valence-corrected chi connectivity index (χ2v) is 5.34. The van der Waals surface area contributed by atoms with Gasteiger partial charge < -0.3 is 14.5 Å². The second-order valence-electron chi connectivity index (χ2n) is 4.96. The average molecular weight is 262 g/mol. The lowest BCUT2D eigenvalue weighted by atomic mass is 10.3. The molecular formula is C13H18N4S. The number of nitrogens with one attached hydrogen (secondary N) is 1. The number of likely N-dealkylation sites (tertiary alicyclic amines) is 1. The van der Waals surface area contributed by atoms with E-state index in [4.69, 9.17) is 12.2 Å². The Morgan fingerprint density at radius 2 is 2.11 bits per heavy atom. The Kier molecular flexibility index (Phi) is 3.18. The van der Waals surface area contributed by atoms with Gasteiger partial charge in [-0.15, -0.1) is 0 Å². The molecule has 0 atom stereocenters. The van der Waals surface area contributed by atoms with Crippen LogP contribution in [-0.4, -0.2) is 39.1 Å². The topological polar surface area (TPSA) is 36.9 Å². The molecule has 1 saturated heterocycles. The van der Waals surface area contributed by atoms with Crippen LogP contribution in [-0.2, 0) is 6.54 Å². The first-order valence-corrected chi connectivity index (χ1v) is 6.93. The van der Waals surface area contributed by atoms with E-state index < -0.39 is 0 Å². The van der Waals surface area contributed by atoms with E-state index in [0.29, 0.717) is 0 Å². The van der Waals surface area contributed by atoms with Crippen molar-refractivity contribution in [2.24, 2.45) is 0 Å². The maximum Gasteiger partial charge on any atom is 0.179 e. The molecule has 2 aromatic rings. The number of pyridine rings is 1. The van der Waals surface area contributed by atoms with Crippen molar-refractivity contribution in [3.63, 3.8) is 0 Å². The molecule has 3 heterocycles. The monoisotopic (exact) mass is 262 g/mol. The van der Waals surface area contributed by atoms with Gasteiger partial charge in [-0.3, -0.25) is 0 Å². The number of imidazole rings is 1. The molecule has 1 fully saturated rings. The summed E-state index contributed by atoms with van der Waals surface area (Å²) in [6.07, 6.45) is 4.51. The number of rotatable bonds is 3. The van der Waals surface area contributed by atoms with Crippen LogP contribution in [0.25, 0.3) is 11.2 Å². The number of hydrogen-bond acceptors (Lipinski definition) is 3. The highest BCUT2D eigenvalue weighted by molar-refractivity contribution is 7.71. The zero-order valence-corrected chi connectivity index (χ0v) is 11.5. The van der Waals surface area contributed by atoms with E-state index in [1.165, 1.54) is 31.5 Å². The maximum absolute atomic E-state index is 5.40. The van der Waals surface area contributed by atoms with E-state index in [1.807, 2.05) is 12.3 Å². The molecule has 1 aliphatic heterocycles. The lowest BCUT2D eigenvalue weighted by Gasteiger charge is -2.14. The Balaban J connectivity index is 1.89. The zero-order chi connectivity index (χ0) is 12.5. The highest BCUT2D eigenvalue weighted by atomic mass is 32.1. The van der Waals surface area contributed by atoms with E-state index >= 15 is 0 Å². The molecule has 5 heteroatoms. The summed E-state index contributed by atoms with van der Waals surface area (Å²) in [5.74, 6) is 0. The molecule has 2 aromatic heterocycles. The van der Waals surface area contributed by atoms with E-state index in [2.05, 4.69) is 26.4 Å². The third kappa shape index (κ3) is 2.08. The van der Waals surface area contributed by atoms with E-state index in [-0.39, 0.29) is 0 Å². The number of fused-ring (bicyclic) bond motifs is 1. The first-order valence-electron chi connectivity index (χ1n) is 6.52. The predicted molar refractivity (Wildman–Crippen MR) is 75.3 cm³/mol. The van der Waals surface area contributed by atoms with E-state index in [0.717, 1.165) is 29.0 Å². The lowest BCUT2D eigenvalue weighted by Crippen LogP contribution is -2.24. The van der Waals surface area contributed by atoms with Gasteiger partial charge in [0.25, 0.3) is 0 Å². The third-order valence-corrected chi connectivity index (χ3v) is 4.03. The first-order chi connectivity index (χ1) is 8.75. The van der Waals surface area contributed by atoms with Crippen molar-refractivity contribution in [2.45, 2.75) is 26.3 Å². The summed E-state index contributed by atoms with van der Waals surface area (Å²) in [4.78, 5) is 10.2. The number of aromatic amines is 1. The largest absolute Gasteiger partial charge is 0.329 e. The molecule has 0 bridgehead atoms. The summed E-state index contributed by atoms with van der Waals surface area (Å²) in [6.45, 7) is 6.52. The minimum absolute atomic E-state index is 0.783. The number of aryl methyl sites for hydroxylation is 1. The smallest absolute Gasteiger partial charge is 0.179 e. The van der Waals surface area contributed by atoms with E-state index in [1.54, 1.807) is 0 Å². The molecule has 0 saturated carbocycles. The van der Waals surface area contributed by atoms with Gasteiger partial charge in [0.05, 0.1) is 5.52 Å². The Morgan fingerprint density at radius 1 is 1.33 bits per heavy atom. The van der Waals surface area contributed by atoms with Crippen LogP contribution in [0.4, 0.5) is 0 Å². The van der Waals surface area contributed by atoms with Gasteiger partial charge in [0, 0.05) is 19.3 Å². The van der Waals surface area contributed by atoms with Gasteiger partial charge in [-0.2, -0.15) is 0 Å². The van der Waals surface area contributed by atoms with Crippen molar-refractivity contribution in [3.8, 4) is 0 Å². The number of nitrogens with zero attached hydrogens (tertiary/aromatic N) is 3. The van der Waals surface area contributed by atoms with Gasteiger partial charge in [0.15, 0.2) is 10.4 Å². The van der Waals surface area contributed by atoms with Gasteiger partial charge in [-0.25, -0.2) is 4.98 Å². The minimum atomic E-state index is 0.783. The molecule has 0 spiro atoms. The molecule has 96 valence electrons. The van der Waals surface area contributed by atoms with Gasteiger partial charge >= 0.3 is 0 Å². The summed E-state index contributed by atoms with van der Waals surface area (Å²) in [6, 6.07) is 2.01. The van der Waals surface area contributed by atoms with Gasteiger partial charge in [0.1, 0.15) is 0 Å². The highest BCUT2D eigenvalue weighted by Crippen LogP contribution is 2.16. The number of H-pyrrole nitrogens is 1. The van der Waals surface area contributed by atoms with Crippen LogP contribution in [0.2, 0.25) is 0 Å². The average Bonchev–Trinajstić information content (AvgIpc) is 2.95. The van der Waals surface area contributed by atoms with Crippen LogP contribution in [0.3, 0.4) is 0 Å². The lowest BCUT2D eigenvalue weighted by molar-refractivity contribution is 0.323. The Hall–Kier alpha value is -1.20. The van der Waals surface area contributed by atoms with Gasteiger partial charge in [-0.05, 0) is 56.7 Å². The van der Waals surface area contributed by atoms with Gasteiger partial charge in [-0.1, -0.05) is 0 Å². The fraction of sp³-hybridized carbons (Fsp3) is 0.538. The van der Waals surface area contributed by atoms with Crippen LogP contribution in [0.15, 0.2) is 12.3 Å². The minimum Gasteiger partial charge on any atom is -0.329 e. The quantitative estimate of drug-likeness (QED) is 0.864. The standard InChI is InChI=1S/C13H18N4S/c1-10-4-5-14-12-11(10)15-13(18)17(12)9-8-16-6-2-3-7-16/h4-5H,2-3,6-9H2,1H3,(H,15,18). The molecule has 1 N–H and O–H groups in total. The molecule has 0 unspecified atom stereocenters. The van der Waals surface area contributed by atoms with Crippen LogP contribution >= 0.6 is 12.2 Å². The van der Waals surface area contributed by atoms with Crippen LogP contribution < -0.4 is 0 Å².